The van der Waals surface area contributed by atoms with Gasteiger partial charge in [-0.1, -0.05) is 6.92 Å². The van der Waals surface area contributed by atoms with Crippen molar-refractivity contribution in [3.05, 3.63) is 12.0 Å². The van der Waals surface area contributed by atoms with Gasteiger partial charge in [0, 0.05) is 19.0 Å². The van der Waals surface area contributed by atoms with Crippen LogP contribution in [0.25, 0.3) is 0 Å². The molecule has 1 atom stereocenters. The lowest BCUT2D eigenvalue weighted by Gasteiger charge is -2.25. The molecule has 0 saturated carbocycles. The second kappa shape index (κ2) is 6.03. The Kier molecular flexibility index (Phi) is 4.71. The van der Waals surface area contributed by atoms with Crippen molar-refractivity contribution in [3.63, 3.8) is 0 Å². The first kappa shape index (κ1) is 16.4. The normalized spacial score (nSPS) is 22.0. The van der Waals surface area contributed by atoms with Crippen molar-refractivity contribution in [2.75, 3.05) is 24.7 Å². The van der Waals surface area contributed by atoms with E-state index in [2.05, 4.69) is 9.97 Å². The Morgan fingerprint density at radius 2 is 2.24 bits per heavy atom. The Morgan fingerprint density at radius 3 is 2.71 bits per heavy atom. The number of aliphatic hydroxyl groups is 1. The molecule has 0 spiro atoms. The van der Waals surface area contributed by atoms with Crippen LogP contribution in [-0.2, 0) is 26.3 Å². The average molecular weight is 337 g/mol. The number of hydrogen-bond donors (Lipinski definition) is 2. The Balaban J connectivity index is 2.32. The van der Waals surface area contributed by atoms with Gasteiger partial charge in [-0.2, -0.15) is 4.31 Å². The molecule has 1 aliphatic rings. The lowest BCUT2D eigenvalue weighted by atomic mass is 10.3. The molecule has 1 aliphatic heterocycles. The van der Waals surface area contributed by atoms with E-state index in [1.807, 2.05) is 6.92 Å². The van der Waals surface area contributed by atoms with Crippen LogP contribution in [0, 0.1) is 0 Å². The molecule has 120 valence electrons. The monoisotopic (exact) mass is 337 g/mol. The summed E-state index contributed by atoms with van der Waals surface area (Å²) in [5, 5.41) is 9.04. The Hall–Kier alpha value is -0.970. The van der Waals surface area contributed by atoms with Crippen LogP contribution in [0.15, 0.2) is 11.2 Å². The molecule has 2 N–H and O–H groups in total. The third kappa shape index (κ3) is 3.44. The predicted molar refractivity (Wildman–Crippen MR) is 76.0 cm³/mol. The number of nitrogens with zero attached hydrogens (tertiary/aromatic N) is 2. The highest BCUT2D eigenvalue weighted by Gasteiger charge is 2.39. The van der Waals surface area contributed by atoms with Gasteiger partial charge in [-0.3, -0.25) is 0 Å². The predicted octanol–water partition coefficient (Wildman–Crippen LogP) is -0.858. The molecule has 0 aromatic carbocycles. The van der Waals surface area contributed by atoms with E-state index in [0.717, 1.165) is 4.31 Å². The number of aromatic amines is 1. The van der Waals surface area contributed by atoms with E-state index >= 15 is 0 Å². The van der Waals surface area contributed by atoms with Crippen molar-refractivity contribution in [2.45, 2.75) is 30.8 Å². The van der Waals surface area contributed by atoms with Gasteiger partial charge in [0.05, 0.1) is 24.3 Å². The molecule has 0 bridgehead atoms. The number of rotatable bonds is 6. The smallest absolute Gasteiger partial charge is 0.260 e. The maximum Gasteiger partial charge on any atom is 0.260 e. The van der Waals surface area contributed by atoms with Gasteiger partial charge in [0.1, 0.15) is 5.82 Å². The van der Waals surface area contributed by atoms with E-state index in [1.54, 1.807) is 0 Å². The number of imidazole rings is 1. The lowest BCUT2D eigenvalue weighted by Crippen LogP contribution is -2.42. The summed E-state index contributed by atoms with van der Waals surface area (Å²) < 4.78 is 49.4. The molecule has 2 heterocycles. The fourth-order valence-electron chi connectivity index (χ4n) is 2.38. The molecule has 0 amide bonds. The number of aliphatic hydroxyl groups excluding tert-OH is 1. The van der Waals surface area contributed by atoms with E-state index in [9.17, 15) is 16.8 Å². The zero-order valence-electron chi connectivity index (χ0n) is 11.7. The van der Waals surface area contributed by atoms with Crippen LogP contribution in [-0.4, -0.2) is 66.9 Å². The SMILES string of the molecule is CCc1ncc(S(=O)(=O)N(CCO)C2CCS(=O)(=O)C2)[nH]1. The largest absolute Gasteiger partial charge is 0.395 e. The van der Waals surface area contributed by atoms with E-state index < -0.39 is 25.9 Å². The second-order valence-electron chi connectivity index (χ2n) is 4.94. The van der Waals surface area contributed by atoms with Crippen molar-refractivity contribution >= 4 is 19.9 Å². The highest BCUT2D eigenvalue weighted by molar-refractivity contribution is 7.92. The van der Waals surface area contributed by atoms with Crippen LogP contribution in [0.4, 0.5) is 0 Å². The molecule has 1 aromatic heterocycles. The summed E-state index contributed by atoms with van der Waals surface area (Å²) in [6, 6.07) is -0.638. The van der Waals surface area contributed by atoms with Gasteiger partial charge in [-0.25, -0.2) is 21.8 Å². The Bertz CT molecular complexity index is 695. The van der Waals surface area contributed by atoms with Crippen molar-refractivity contribution < 1.29 is 21.9 Å². The molecule has 21 heavy (non-hydrogen) atoms. The Labute approximate surface area is 124 Å². The van der Waals surface area contributed by atoms with Gasteiger partial charge in [0.2, 0.25) is 0 Å². The first-order chi connectivity index (χ1) is 9.80. The van der Waals surface area contributed by atoms with Crippen molar-refractivity contribution in [3.8, 4) is 0 Å². The summed E-state index contributed by atoms with van der Waals surface area (Å²) in [4.78, 5) is 6.67. The minimum absolute atomic E-state index is 0.0295. The zero-order chi connectivity index (χ0) is 15.7. The molecule has 1 fully saturated rings. The van der Waals surface area contributed by atoms with Crippen molar-refractivity contribution in [2.24, 2.45) is 0 Å². The van der Waals surface area contributed by atoms with Crippen molar-refractivity contribution in [1.82, 2.24) is 14.3 Å². The maximum atomic E-state index is 12.6. The van der Waals surface area contributed by atoms with E-state index in [0.29, 0.717) is 12.2 Å². The lowest BCUT2D eigenvalue weighted by molar-refractivity contribution is 0.232. The Morgan fingerprint density at radius 1 is 1.52 bits per heavy atom. The van der Waals surface area contributed by atoms with Gasteiger partial charge in [-0.05, 0) is 6.42 Å². The second-order valence-corrected chi connectivity index (χ2v) is 9.03. The summed E-state index contributed by atoms with van der Waals surface area (Å²) in [6.07, 6.45) is 2.03. The molecular formula is C11H19N3O5S2. The fourth-order valence-corrected chi connectivity index (χ4v) is 5.79. The molecule has 1 unspecified atom stereocenters. The third-order valence-corrected chi connectivity index (χ3v) is 7.07. The molecule has 2 rings (SSSR count). The number of aryl methyl sites for hydroxylation is 1. The van der Waals surface area contributed by atoms with Crippen LogP contribution in [0.5, 0.6) is 0 Å². The number of H-pyrrole nitrogens is 1. The molecule has 0 aliphatic carbocycles. The first-order valence-corrected chi connectivity index (χ1v) is 9.93. The molecule has 10 heteroatoms. The van der Waals surface area contributed by atoms with Gasteiger partial charge < -0.3 is 10.1 Å². The van der Waals surface area contributed by atoms with Gasteiger partial charge in [0.25, 0.3) is 10.0 Å². The molecular weight excluding hydrogens is 318 g/mol. The maximum absolute atomic E-state index is 12.6. The standard InChI is InChI=1S/C11H19N3O5S2/c1-2-10-12-7-11(13-10)21(18,19)14(4-5-15)9-3-6-20(16,17)8-9/h7,9,15H,2-6,8H2,1H3,(H,12,13). The number of sulfonamides is 1. The van der Waals surface area contributed by atoms with E-state index in [4.69, 9.17) is 5.11 Å². The number of sulfone groups is 1. The molecule has 0 radical (unpaired) electrons. The summed E-state index contributed by atoms with van der Waals surface area (Å²) in [6.45, 7) is 1.33. The van der Waals surface area contributed by atoms with E-state index in [-0.39, 0.29) is 36.1 Å². The number of hydrogen-bond acceptors (Lipinski definition) is 6. The average Bonchev–Trinajstić information content (AvgIpc) is 3.02. The summed E-state index contributed by atoms with van der Waals surface area (Å²) in [5.41, 5.74) is 0. The minimum Gasteiger partial charge on any atom is -0.395 e. The highest BCUT2D eigenvalue weighted by Crippen LogP contribution is 2.24. The first-order valence-electron chi connectivity index (χ1n) is 6.67. The third-order valence-electron chi connectivity index (χ3n) is 3.46. The van der Waals surface area contributed by atoms with Gasteiger partial charge in [0.15, 0.2) is 14.9 Å². The van der Waals surface area contributed by atoms with E-state index in [1.165, 1.54) is 6.20 Å². The molecule has 1 saturated heterocycles. The summed E-state index contributed by atoms with van der Waals surface area (Å²) in [7, 11) is -7.11. The molecule has 8 nitrogen and oxygen atoms in total. The highest BCUT2D eigenvalue weighted by atomic mass is 32.2. The van der Waals surface area contributed by atoms with Crippen LogP contribution in [0.3, 0.4) is 0 Å². The summed E-state index contributed by atoms with van der Waals surface area (Å²) in [5.74, 6) is 0.302. The van der Waals surface area contributed by atoms with Crippen LogP contribution in [0.2, 0.25) is 0 Å². The van der Waals surface area contributed by atoms with Crippen molar-refractivity contribution in [1.29, 1.82) is 0 Å². The van der Waals surface area contributed by atoms with Crippen LogP contribution in [0.1, 0.15) is 19.2 Å². The zero-order valence-corrected chi connectivity index (χ0v) is 13.3. The number of aromatic nitrogens is 2. The summed E-state index contributed by atoms with van der Waals surface area (Å²) >= 11 is 0. The quantitative estimate of drug-likeness (QED) is 0.697. The van der Waals surface area contributed by atoms with Gasteiger partial charge in [-0.15, -0.1) is 0 Å². The van der Waals surface area contributed by atoms with Crippen LogP contribution >= 0.6 is 0 Å². The minimum atomic E-state index is -3.90. The topological polar surface area (TPSA) is 120 Å². The number of nitrogens with one attached hydrogen (secondary N) is 1. The fraction of sp³-hybridized carbons (Fsp3) is 0.727. The van der Waals surface area contributed by atoms with Gasteiger partial charge >= 0.3 is 0 Å². The molecule has 1 aromatic rings. The van der Waals surface area contributed by atoms with Crippen LogP contribution < -0.4 is 0 Å².